The molecule has 0 aliphatic carbocycles. The van der Waals surface area contributed by atoms with Gasteiger partial charge in [-0.25, -0.2) is 29.8 Å². The SMILES string of the molecule is CCOC(=O)NC(=O)NCCCCCNC(=O)NC(=O)OCC. The molecular formula is C13H24N4O6. The number of hydrogen-bond acceptors (Lipinski definition) is 6. The molecule has 23 heavy (non-hydrogen) atoms. The van der Waals surface area contributed by atoms with Crippen molar-refractivity contribution in [2.75, 3.05) is 26.3 Å². The fourth-order valence-corrected chi connectivity index (χ4v) is 1.44. The molecule has 0 fully saturated rings. The van der Waals surface area contributed by atoms with Gasteiger partial charge in [0.1, 0.15) is 0 Å². The Hall–Kier alpha value is -2.52. The number of amides is 6. The van der Waals surface area contributed by atoms with E-state index in [1.807, 2.05) is 10.6 Å². The summed E-state index contributed by atoms with van der Waals surface area (Å²) in [4.78, 5) is 44.3. The second-order valence-corrected chi connectivity index (χ2v) is 4.26. The Morgan fingerprint density at radius 1 is 0.696 bits per heavy atom. The summed E-state index contributed by atoms with van der Waals surface area (Å²) in [6, 6.07) is -1.23. The van der Waals surface area contributed by atoms with E-state index in [1.165, 1.54) is 0 Å². The molecule has 0 saturated carbocycles. The summed E-state index contributed by atoms with van der Waals surface area (Å²) < 4.78 is 9.09. The summed E-state index contributed by atoms with van der Waals surface area (Å²) >= 11 is 0. The summed E-state index contributed by atoms with van der Waals surface area (Å²) in [6.07, 6.45) is 0.525. The zero-order valence-electron chi connectivity index (χ0n) is 13.4. The molecule has 0 unspecified atom stereocenters. The number of ether oxygens (including phenoxy) is 2. The van der Waals surface area contributed by atoms with Gasteiger partial charge in [-0.3, -0.25) is 0 Å². The summed E-state index contributed by atoms with van der Waals surface area (Å²) in [7, 11) is 0. The Balaban J connectivity index is 3.49. The number of imide groups is 2. The molecule has 10 nitrogen and oxygen atoms in total. The highest BCUT2D eigenvalue weighted by Crippen LogP contribution is 1.92. The average Bonchev–Trinajstić information content (AvgIpc) is 2.46. The lowest BCUT2D eigenvalue weighted by Crippen LogP contribution is -2.40. The lowest BCUT2D eigenvalue weighted by atomic mass is 10.2. The molecule has 0 aromatic rings. The fraction of sp³-hybridized carbons (Fsp3) is 0.692. The Morgan fingerprint density at radius 3 is 1.43 bits per heavy atom. The van der Waals surface area contributed by atoms with Crippen LogP contribution in [-0.4, -0.2) is 50.6 Å². The Kier molecular flexibility index (Phi) is 11.7. The van der Waals surface area contributed by atoms with E-state index in [-0.39, 0.29) is 13.2 Å². The van der Waals surface area contributed by atoms with E-state index < -0.39 is 24.2 Å². The van der Waals surface area contributed by atoms with Crippen LogP contribution in [0.2, 0.25) is 0 Å². The monoisotopic (exact) mass is 332 g/mol. The highest BCUT2D eigenvalue weighted by atomic mass is 16.6. The second kappa shape index (κ2) is 13.2. The van der Waals surface area contributed by atoms with Gasteiger partial charge in [0.05, 0.1) is 13.2 Å². The Bertz CT molecular complexity index is 366. The summed E-state index contributed by atoms with van der Waals surface area (Å²) in [6.45, 7) is 4.43. The van der Waals surface area contributed by atoms with Gasteiger partial charge in [-0.15, -0.1) is 0 Å². The van der Waals surface area contributed by atoms with E-state index >= 15 is 0 Å². The summed E-state index contributed by atoms with van der Waals surface area (Å²) in [5.74, 6) is 0. The molecule has 0 aromatic carbocycles. The number of rotatable bonds is 8. The quantitative estimate of drug-likeness (QED) is 0.491. The highest BCUT2D eigenvalue weighted by molar-refractivity contribution is 5.91. The van der Waals surface area contributed by atoms with Gasteiger partial charge in [0, 0.05) is 13.1 Å². The van der Waals surface area contributed by atoms with Crippen molar-refractivity contribution in [3.8, 4) is 0 Å². The second-order valence-electron chi connectivity index (χ2n) is 4.26. The fourth-order valence-electron chi connectivity index (χ4n) is 1.44. The Morgan fingerprint density at radius 2 is 1.09 bits per heavy atom. The van der Waals surface area contributed by atoms with Crippen molar-refractivity contribution in [3.05, 3.63) is 0 Å². The number of alkyl carbamates (subject to hydrolysis) is 2. The van der Waals surface area contributed by atoms with Crippen molar-refractivity contribution in [1.29, 1.82) is 0 Å². The van der Waals surface area contributed by atoms with Crippen molar-refractivity contribution in [3.63, 3.8) is 0 Å². The smallest absolute Gasteiger partial charge is 0.415 e. The van der Waals surface area contributed by atoms with Gasteiger partial charge in [0.25, 0.3) is 0 Å². The first-order valence-electron chi connectivity index (χ1n) is 7.42. The van der Waals surface area contributed by atoms with Crippen LogP contribution in [0, 0.1) is 0 Å². The minimum atomic E-state index is -0.790. The molecule has 0 bridgehead atoms. The first-order valence-corrected chi connectivity index (χ1v) is 7.42. The molecule has 0 atom stereocenters. The molecule has 6 amide bonds. The molecule has 0 rings (SSSR count). The first kappa shape index (κ1) is 20.5. The first-order chi connectivity index (χ1) is 11.0. The van der Waals surface area contributed by atoms with Crippen LogP contribution < -0.4 is 21.3 Å². The van der Waals surface area contributed by atoms with E-state index in [4.69, 9.17) is 0 Å². The molecule has 0 aliphatic rings. The van der Waals surface area contributed by atoms with Gasteiger partial charge in [-0.1, -0.05) is 0 Å². The van der Waals surface area contributed by atoms with Crippen LogP contribution in [-0.2, 0) is 9.47 Å². The maximum atomic E-state index is 11.2. The van der Waals surface area contributed by atoms with Crippen LogP contribution in [0.4, 0.5) is 19.2 Å². The summed E-state index contributed by atoms with van der Waals surface area (Å²) in [5.41, 5.74) is 0. The lowest BCUT2D eigenvalue weighted by Gasteiger charge is -2.07. The van der Waals surface area contributed by atoms with Crippen LogP contribution in [0.3, 0.4) is 0 Å². The van der Waals surface area contributed by atoms with Crippen LogP contribution in [0.25, 0.3) is 0 Å². The topological polar surface area (TPSA) is 135 Å². The van der Waals surface area contributed by atoms with Crippen molar-refractivity contribution in [1.82, 2.24) is 21.3 Å². The molecule has 0 saturated heterocycles. The number of carbonyl (C=O) groups is 4. The maximum Gasteiger partial charge on any atom is 0.415 e. The Labute approximate surface area is 134 Å². The van der Waals surface area contributed by atoms with Crippen LogP contribution in [0.5, 0.6) is 0 Å². The van der Waals surface area contributed by atoms with Gasteiger partial charge >= 0.3 is 24.2 Å². The minimum absolute atomic E-state index is 0.190. The predicted molar refractivity (Wildman–Crippen MR) is 81.0 cm³/mol. The van der Waals surface area contributed by atoms with Gasteiger partial charge in [-0.2, -0.15) is 0 Å². The van der Waals surface area contributed by atoms with E-state index in [0.717, 1.165) is 6.42 Å². The minimum Gasteiger partial charge on any atom is -0.450 e. The molecule has 132 valence electrons. The molecule has 0 aliphatic heterocycles. The van der Waals surface area contributed by atoms with E-state index in [9.17, 15) is 19.2 Å². The largest absolute Gasteiger partial charge is 0.450 e. The van der Waals surface area contributed by atoms with E-state index in [0.29, 0.717) is 25.9 Å². The molecule has 0 heterocycles. The molecule has 0 aromatic heterocycles. The zero-order chi connectivity index (χ0) is 17.5. The standard InChI is InChI=1S/C13H24N4O6/c1-3-22-12(20)16-10(18)14-8-6-5-7-9-15-11(19)17-13(21)23-4-2/h3-9H2,1-2H3,(H2,14,16,18,20)(H2,15,17,19,21). The number of nitrogens with one attached hydrogen (secondary N) is 4. The number of unbranched alkanes of at least 4 members (excludes halogenated alkanes) is 2. The van der Waals surface area contributed by atoms with Crippen molar-refractivity contribution in [2.24, 2.45) is 0 Å². The third-order valence-electron chi connectivity index (χ3n) is 2.41. The van der Waals surface area contributed by atoms with E-state index in [2.05, 4.69) is 20.1 Å². The summed E-state index contributed by atoms with van der Waals surface area (Å²) in [5, 5.41) is 9.01. The predicted octanol–water partition coefficient (Wildman–Crippen LogP) is 1.07. The third-order valence-corrected chi connectivity index (χ3v) is 2.41. The van der Waals surface area contributed by atoms with Gasteiger partial charge in [0.15, 0.2) is 0 Å². The van der Waals surface area contributed by atoms with Crippen molar-refractivity contribution >= 4 is 24.2 Å². The number of carbonyl (C=O) groups excluding carboxylic acids is 4. The zero-order valence-corrected chi connectivity index (χ0v) is 13.4. The van der Waals surface area contributed by atoms with Crippen LogP contribution >= 0.6 is 0 Å². The normalized spacial score (nSPS) is 9.48. The molecule has 4 N–H and O–H groups in total. The van der Waals surface area contributed by atoms with Gasteiger partial charge in [0.2, 0.25) is 0 Å². The number of urea groups is 2. The van der Waals surface area contributed by atoms with Gasteiger partial charge < -0.3 is 20.1 Å². The number of hydrogen-bond donors (Lipinski definition) is 4. The molecular weight excluding hydrogens is 308 g/mol. The average molecular weight is 332 g/mol. The van der Waals surface area contributed by atoms with Gasteiger partial charge in [-0.05, 0) is 33.1 Å². The highest BCUT2D eigenvalue weighted by Gasteiger charge is 2.07. The van der Waals surface area contributed by atoms with Crippen LogP contribution in [0.1, 0.15) is 33.1 Å². The molecule has 0 radical (unpaired) electrons. The molecule has 0 spiro atoms. The maximum absolute atomic E-state index is 11.2. The van der Waals surface area contributed by atoms with Crippen molar-refractivity contribution in [2.45, 2.75) is 33.1 Å². The molecule has 10 heteroatoms. The van der Waals surface area contributed by atoms with Crippen molar-refractivity contribution < 1.29 is 28.7 Å². The van der Waals surface area contributed by atoms with E-state index in [1.54, 1.807) is 13.8 Å². The lowest BCUT2D eigenvalue weighted by molar-refractivity contribution is 0.151. The third kappa shape index (κ3) is 12.9. The van der Waals surface area contributed by atoms with Crippen LogP contribution in [0.15, 0.2) is 0 Å².